The van der Waals surface area contributed by atoms with Crippen LogP contribution >= 0.6 is 0 Å². The van der Waals surface area contributed by atoms with Gasteiger partial charge in [-0.3, -0.25) is 0 Å². The van der Waals surface area contributed by atoms with Crippen molar-refractivity contribution in [1.29, 1.82) is 0 Å². The molecule has 0 aliphatic carbocycles. The van der Waals surface area contributed by atoms with E-state index in [-0.39, 0.29) is 0 Å². The minimum Gasteiger partial charge on any atom is -0.467 e. The lowest BCUT2D eigenvalue weighted by Crippen LogP contribution is -1.99. The van der Waals surface area contributed by atoms with Crippen molar-refractivity contribution >= 4 is 15.4 Å². The third kappa shape index (κ3) is 0.841. The summed E-state index contributed by atoms with van der Waals surface area (Å²) in [5.41, 5.74) is 0. The van der Waals surface area contributed by atoms with Crippen LogP contribution in [0.4, 0.5) is 0 Å². The maximum Gasteiger partial charge on any atom is 0.100 e. The van der Waals surface area contributed by atoms with E-state index in [9.17, 15) is 0 Å². The van der Waals surface area contributed by atoms with Crippen LogP contribution in [0.25, 0.3) is 0 Å². The summed E-state index contributed by atoms with van der Waals surface area (Å²) in [4.78, 5) is 0. The van der Waals surface area contributed by atoms with E-state index in [1.54, 1.807) is 0 Å². The van der Waals surface area contributed by atoms with E-state index < -0.39 is 0 Å². The zero-order valence-electron chi connectivity index (χ0n) is 5.49. The van der Waals surface area contributed by atoms with Gasteiger partial charge in [-0.25, -0.2) is 0 Å². The fourth-order valence-corrected chi connectivity index (χ4v) is 1.27. The van der Waals surface area contributed by atoms with Gasteiger partial charge in [0.15, 0.2) is 0 Å². The van der Waals surface area contributed by atoms with Gasteiger partial charge in [-0.05, 0) is 25.1 Å². The van der Waals surface area contributed by atoms with Crippen LogP contribution in [0.3, 0.4) is 0 Å². The number of furan rings is 1. The second-order valence-corrected chi connectivity index (χ2v) is 3.17. The van der Waals surface area contributed by atoms with E-state index in [0.29, 0.717) is 0 Å². The average Bonchev–Trinajstić information content (AvgIpc) is 1.85. The predicted octanol–water partition coefficient (Wildman–Crippen LogP) is -0.113. The molecule has 0 saturated heterocycles. The van der Waals surface area contributed by atoms with Crippen LogP contribution < -0.4 is 5.19 Å². The summed E-state index contributed by atoms with van der Waals surface area (Å²) >= 11 is 0. The van der Waals surface area contributed by atoms with E-state index >= 15 is 0 Å². The van der Waals surface area contributed by atoms with Gasteiger partial charge >= 0.3 is 0 Å². The Morgan fingerprint density at radius 3 is 2.25 bits per heavy atom. The maximum absolute atomic E-state index is 5.25. The summed E-state index contributed by atoms with van der Waals surface area (Å²) in [5, 5.41) is 1.38. The third-order valence-electron chi connectivity index (χ3n) is 1.29. The largest absolute Gasteiger partial charge is 0.467 e. The fourth-order valence-electron chi connectivity index (χ4n) is 0.758. The first-order valence-electron chi connectivity index (χ1n) is 2.74. The molecule has 0 aliphatic heterocycles. The second-order valence-electron chi connectivity index (χ2n) is 2.10. The smallest absolute Gasteiger partial charge is 0.100 e. The Balaban J connectivity index is 3.14. The van der Waals surface area contributed by atoms with Crippen LogP contribution in [0.5, 0.6) is 0 Å². The summed E-state index contributed by atoms with van der Waals surface area (Å²) in [6, 6.07) is 2.10. The third-order valence-corrected chi connectivity index (χ3v) is 2.28. The number of aryl methyl sites for hydroxylation is 2. The Morgan fingerprint density at radius 2 is 2.12 bits per heavy atom. The molecule has 1 aromatic heterocycles. The Labute approximate surface area is 52.1 Å². The molecule has 0 fully saturated rings. The summed E-state index contributed by atoms with van der Waals surface area (Å²) in [6.45, 7) is 3.99. The first kappa shape index (κ1) is 5.63. The lowest BCUT2D eigenvalue weighted by molar-refractivity contribution is 0.506. The molecule has 0 radical (unpaired) electrons. The number of hydrogen-bond donors (Lipinski definition) is 0. The fraction of sp³-hybridized carbons (Fsp3) is 0.333. The molecule has 0 unspecified atom stereocenters. The van der Waals surface area contributed by atoms with Crippen molar-refractivity contribution in [3.8, 4) is 0 Å². The summed E-state index contributed by atoms with van der Waals surface area (Å²) in [7, 11) is 1.10. The van der Waals surface area contributed by atoms with Crippen molar-refractivity contribution in [3.63, 3.8) is 0 Å². The highest BCUT2D eigenvalue weighted by Gasteiger charge is 1.95. The van der Waals surface area contributed by atoms with Crippen LogP contribution in [0.2, 0.25) is 0 Å². The van der Waals surface area contributed by atoms with E-state index in [1.807, 2.05) is 13.8 Å². The predicted molar refractivity (Wildman–Crippen MR) is 37.8 cm³/mol. The molecule has 1 nitrogen and oxygen atoms in total. The van der Waals surface area contributed by atoms with Gasteiger partial charge in [0.1, 0.15) is 5.76 Å². The molecular weight excluding hydrogens is 116 g/mol. The van der Waals surface area contributed by atoms with Gasteiger partial charge < -0.3 is 4.42 Å². The Hall–Kier alpha value is -0.503. The molecule has 2 heteroatoms. The molecule has 0 amide bonds. The van der Waals surface area contributed by atoms with Crippen molar-refractivity contribution in [2.45, 2.75) is 13.8 Å². The van der Waals surface area contributed by atoms with Crippen LogP contribution in [0, 0.1) is 13.8 Å². The topological polar surface area (TPSA) is 13.1 Å². The Morgan fingerprint density at radius 1 is 1.50 bits per heavy atom. The summed E-state index contributed by atoms with van der Waals surface area (Å²) < 4.78 is 5.25. The summed E-state index contributed by atoms with van der Waals surface area (Å²) in [6.07, 6.45) is 0. The molecule has 0 bridgehead atoms. The van der Waals surface area contributed by atoms with E-state index in [2.05, 4.69) is 6.07 Å². The SMILES string of the molecule is Cc1cc([SiH3])c(C)o1. The lowest BCUT2D eigenvalue weighted by atomic mass is 10.4. The van der Waals surface area contributed by atoms with Crippen LogP contribution in [-0.2, 0) is 0 Å². The van der Waals surface area contributed by atoms with Crippen molar-refractivity contribution in [1.82, 2.24) is 0 Å². The molecule has 1 rings (SSSR count). The van der Waals surface area contributed by atoms with Crippen LogP contribution in [0.1, 0.15) is 11.5 Å². The van der Waals surface area contributed by atoms with Gasteiger partial charge in [0.05, 0.1) is 5.76 Å². The van der Waals surface area contributed by atoms with E-state index in [0.717, 1.165) is 21.8 Å². The molecule has 44 valence electrons. The molecule has 0 spiro atoms. The number of hydrogen-bond acceptors (Lipinski definition) is 1. The molecule has 0 aromatic carbocycles. The van der Waals surface area contributed by atoms with Gasteiger partial charge in [0.25, 0.3) is 0 Å². The molecule has 0 saturated carbocycles. The standard InChI is InChI=1S/C6H10OSi/c1-4-3-6(8)5(2)7-4/h3H,1-2,8H3. The van der Waals surface area contributed by atoms with Gasteiger partial charge in [0.2, 0.25) is 0 Å². The molecular formula is C6H10OSi. The highest BCUT2D eigenvalue weighted by atomic mass is 28.1. The van der Waals surface area contributed by atoms with Gasteiger partial charge in [-0.15, -0.1) is 0 Å². The van der Waals surface area contributed by atoms with Crippen molar-refractivity contribution in [3.05, 3.63) is 17.6 Å². The zero-order valence-corrected chi connectivity index (χ0v) is 7.49. The average molecular weight is 126 g/mol. The highest BCUT2D eigenvalue weighted by Crippen LogP contribution is 1.98. The monoisotopic (exact) mass is 126 g/mol. The zero-order chi connectivity index (χ0) is 6.15. The van der Waals surface area contributed by atoms with Crippen LogP contribution in [-0.4, -0.2) is 10.2 Å². The minimum atomic E-state index is 1.03. The van der Waals surface area contributed by atoms with Gasteiger partial charge in [-0.1, -0.05) is 0 Å². The van der Waals surface area contributed by atoms with Crippen LogP contribution in [0.15, 0.2) is 10.5 Å². The Kier molecular flexibility index (Phi) is 1.25. The Bertz CT molecular complexity index is 171. The molecule has 0 atom stereocenters. The van der Waals surface area contributed by atoms with Crippen molar-refractivity contribution < 1.29 is 4.42 Å². The molecule has 1 heterocycles. The molecule has 1 aromatic rings. The lowest BCUT2D eigenvalue weighted by Gasteiger charge is -1.80. The highest BCUT2D eigenvalue weighted by molar-refractivity contribution is 6.33. The normalized spacial score (nSPS) is 10.2. The molecule has 0 aliphatic rings. The first-order valence-corrected chi connectivity index (χ1v) is 3.74. The molecule has 8 heavy (non-hydrogen) atoms. The van der Waals surface area contributed by atoms with Crippen molar-refractivity contribution in [2.75, 3.05) is 0 Å². The number of rotatable bonds is 0. The first-order chi connectivity index (χ1) is 3.70. The maximum atomic E-state index is 5.25. The minimum absolute atomic E-state index is 1.03. The van der Waals surface area contributed by atoms with Gasteiger partial charge in [-0.2, -0.15) is 0 Å². The molecule has 0 N–H and O–H groups in total. The van der Waals surface area contributed by atoms with E-state index in [1.165, 1.54) is 5.19 Å². The second kappa shape index (κ2) is 1.78. The van der Waals surface area contributed by atoms with Crippen molar-refractivity contribution in [2.24, 2.45) is 0 Å². The summed E-state index contributed by atoms with van der Waals surface area (Å²) in [5.74, 6) is 2.13. The van der Waals surface area contributed by atoms with Gasteiger partial charge in [0, 0.05) is 10.2 Å². The quantitative estimate of drug-likeness (QED) is 0.442. The van der Waals surface area contributed by atoms with E-state index in [4.69, 9.17) is 4.42 Å².